The fourth-order valence-corrected chi connectivity index (χ4v) is 1.75. The van der Waals surface area contributed by atoms with Crippen LogP contribution in [0.15, 0.2) is 36.7 Å². The Balaban J connectivity index is 1.96. The number of Topliss-reactive ketones (excluding diaryl/α,β-unsaturated/α-hetero) is 1. The zero-order chi connectivity index (χ0) is 13.0. The highest BCUT2D eigenvalue weighted by Gasteiger charge is 2.02. The molecule has 0 fully saturated rings. The van der Waals surface area contributed by atoms with E-state index in [0.717, 1.165) is 23.4 Å². The summed E-state index contributed by atoms with van der Waals surface area (Å²) in [5.41, 5.74) is 2.90. The van der Waals surface area contributed by atoms with Crippen LogP contribution in [-0.4, -0.2) is 15.6 Å². The Morgan fingerprint density at radius 3 is 2.61 bits per heavy atom. The third-order valence-electron chi connectivity index (χ3n) is 2.78. The number of hydrogen-bond acceptors (Lipinski definition) is 3. The molecule has 0 saturated heterocycles. The summed E-state index contributed by atoms with van der Waals surface area (Å²) in [6, 6.07) is 7.58. The minimum Gasteiger partial charge on any atom is -0.381 e. The zero-order valence-electron chi connectivity index (χ0n) is 10.7. The summed E-state index contributed by atoms with van der Waals surface area (Å²) in [6.07, 6.45) is 4.35. The maximum atomic E-state index is 11.5. The Morgan fingerprint density at radius 2 is 2.06 bits per heavy atom. The molecule has 0 aliphatic carbocycles. The molecule has 1 N–H and O–H groups in total. The molecule has 18 heavy (non-hydrogen) atoms. The van der Waals surface area contributed by atoms with Crippen LogP contribution in [0.3, 0.4) is 0 Å². The van der Waals surface area contributed by atoms with Crippen molar-refractivity contribution in [3.63, 3.8) is 0 Å². The SMILES string of the molecule is CCC(=O)c1ccc(NCc2cnn(C)c2)cc1. The van der Waals surface area contributed by atoms with Gasteiger partial charge in [0.05, 0.1) is 6.20 Å². The van der Waals surface area contributed by atoms with Gasteiger partial charge in [0.1, 0.15) is 0 Å². The monoisotopic (exact) mass is 243 g/mol. The molecule has 0 bridgehead atoms. The van der Waals surface area contributed by atoms with Gasteiger partial charge in [0, 0.05) is 43.0 Å². The normalized spacial score (nSPS) is 10.3. The zero-order valence-corrected chi connectivity index (χ0v) is 10.7. The van der Waals surface area contributed by atoms with E-state index in [1.807, 2.05) is 50.6 Å². The predicted octanol–water partition coefficient (Wildman–Crippen LogP) is 2.62. The molecule has 0 amide bonds. The van der Waals surface area contributed by atoms with Gasteiger partial charge in [-0.15, -0.1) is 0 Å². The summed E-state index contributed by atoms with van der Waals surface area (Å²) in [4.78, 5) is 11.5. The number of carbonyl (C=O) groups is 1. The summed E-state index contributed by atoms with van der Waals surface area (Å²) in [5, 5.41) is 7.40. The minimum absolute atomic E-state index is 0.175. The number of nitrogens with zero attached hydrogens (tertiary/aromatic N) is 2. The summed E-state index contributed by atoms with van der Waals surface area (Å²) >= 11 is 0. The van der Waals surface area contributed by atoms with Gasteiger partial charge in [0.15, 0.2) is 5.78 Å². The van der Waals surface area contributed by atoms with E-state index in [-0.39, 0.29) is 5.78 Å². The highest BCUT2D eigenvalue weighted by Crippen LogP contribution is 2.12. The van der Waals surface area contributed by atoms with Gasteiger partial charge < -0.3 is 5.32 Å². The molecule has 2 rings (SSSR count). The Labute approximate surface area is 107 Å². The molecule has 0 saturated carbocycles. The van der Waals surface area contributed by atoms with Crippen molar-refractivity contribution in [2.24, 2.45) is 7.05 Å². The quantitative estimate of drug-likeness (QED) is 0.821. The van der Waals surface area contributed by atoms with E-state index in [4.69, 9.17) is 0 Å². The van der Waals surface area contributed by atoms with Crippen LogP contribution >= 0.6 is 0 Å². The lowest BCUT2D eigenvalue weighted by Gasteiger charge is -2.05. The van der Waals surface area contributed by atoms with Crippen molar-refractivity contribution >= 4 is 11.5 Å². The predicted molar refractivity (Wildman–Crippen MR) is 71.6 cm³/mol. The van der Waals surface area contributed by atoms with Crippen LogP contribution in [0, 0.1) is 0 Å². The number of benzene rings is 1. The van der Waals surface area contributed by atoms with Crippen molar-refractivity contribution in [1.29, 1.82) is 0 Å². The molecule has 1 heterocycles. The molecule has 4 nitrogen and oxygen atoms in total. The van der Waals surface area contributed by atoms with Gasteiger partial charge in [0.2, 0.25) is 0 Å². The first-order valence-electron chi connectivity index (χ1n) is 6.03. The largest absolute Gasteiger partial charge is 0.381 e. The Kier molecular flexibility index (Phi) is 3.77. The number of hydrogen-bond donors (Lipinski definition) is 1. The molecule has 0 spiro atoms. The molecule has 94 valence electrons. The number of ketones is 1. The van der Waals surface area contributed by atoms with Gasteiger partial charge in [-0.1, -0.05) is 6.92 Å². The highest BCUT2D eigenvalue weighted by atomic mass is 16.1. The molecule has 1 aromatic carbocycles. The molecule has 2 aromatic rings. The molecule has 1 aromatic heterocycles. The van der Waals surface area contributed by atoms with Gasteiger partial charge in [-0.2, -0.15) is 5.10 Å². The van der Waals surface area contributed by atoms with Gasteiger partial charge in [0.25, 0.3) is 0 Å². The fraction of sp³-hybridized carbons (Fsp3) is 0.286. The molecule has 0 radical (unpaired) electrons. The number of aromatic nitrogens is 2. The van der Waals surface area contributed by atoms with E-state index >= 15 is 0 Å². The highest BCUT2D eigenvalue weighted by molar-refractivity contribution is 5.96. The number of aryl methyl sites for hydroxylation is 1. The number of anilines is 1. The van der Waals surface area contributed by atoms with Gasteiger partial charge in [-0.3, -0.25) is 9.48 Å². The molecular weight excluding hydrogens is 226 g/mol. The fourth-order valence-electron chi connectivity index (χ4n) is 1.75. The summed E-state index contributed by atoms with van der Waals surface area (Å²) in [5.74, 6) is 0.175. The summed E-state index contributed by atoms with van der Waals surface area (Å²) in [6.45, 7) is 2.60. The van der Waals surface area contributed by atoms with Gasteiger partial charge in [-0.05, 0) is 24.3 Å². The molecule has 0 atom stereocenters. The first-order chi connectivity index (χ1) is 8.69. The Hall–Kier alpha value is -2.10. The van der Waals surface area contributed by atoms with Crippen LogP contribution in [0.2, 0.25) is 0 Å². The first kappa shape index (κ1) is 12.4. The standard InChI is InChI=1S/C14H17N3O/c1-3-14(18)12-4-6-13(7-5-12)15-8-11-9-16-17(2)10-11/h4-7,9-10,15H,3,8H2,1-2H3. The van der Waals surface area contributed by atoms with E-state index in [2.05, 4.69) is 10.4 Å². The van der Waals surface area contributed by atoms with Crippen LogP contribution < -0.4 is 5.32 Å². The number of nitrogens with one attached hydrogen (secondary N) is 1. The van der Waals surface area contributed by atoms with Crippen LogP contribution in [0.4, 0.5) is 5.69 Å². The average Bonchev–Trinajstić information content (AvgIpc) is 2.82. The van der Waals surface area contributed by atoms with Crippen molar-refractivity contribution in [3.05, 3.63) is 47.8 Å². The maximum absolute atomic E-state index is 11.5. The molecule has 4 heteroatoms. The smallest absolute Gasteiger partial charge is 0.162 e. The lowest BCUT2D eigenvalue weighted by Crippen LogP contribution is -2.00. The second-order valence-electron chi connectivity index (χ2n) is 4.23. The molecule has 0 unspecified atom stereocenters. The maximum Gasteiger partial charge on any atom is 0.162 e. The van der Waals surface area contributed by atoms with Crippen molar-refractivity contribution in [2.45, 2.75) is 19.9 Å². The topological polar surface area (TPSA) is 46.9 Å². The lowest BCUT2D eigenvalue weighted by molar-refractivity contribution is 0.0988. The van der Waals surface area contributed by atoms with Crippen LogP contribution in [0.25, 0.3) is 0 Å². The van der Waals surface area contributed by atoms with Crippen molar-refractivity contribution in [3.8, 4) is 0 Å². The third-order valence-corrected chi connectivity index (χ3v) is 2.78. The van der Waals surface area contributed by atoms with E-state index < -0.39 is 0 Å². The molecule has 0 aliphatic rings. The number of rotatable bonds is 5. The molecule has 0 aliphatic heterocycles. The van der Waals surface area contributed by atoms with Crippen molar-refractivity contribution < 1.29 is 4.79 Å². The van der Waals surface area contributed by atoms with Gasteiger partial charge in [-0.25, -0.2) is 0 Å². The van der Waals surface area contributed by atoms with E-state index in [9.17, 15) is 4.79 Å². The van der Waals surface area contributed by atoms with E-state index in [1.165, 1.54) is 0 Å². The summed E-state index contributed by atoms with van der Waals surface area (Å²) < 4.78 is 1.78. The number of carbonyl (C=O) groups excluding carboxylic acids is 1. The van der Waals surface area contributed by atoms with Crippen LogP contribution in [-0.2, 0) is 13.6 Å². The van der Waals surface area contributed by atoms with E-state index in [1.54, 1.807) is 4.68 Å². The third kappa shape index (κ3) is 2.97. The second-order valence-corrected chi connectivity index (χ2v) is 4.23. The second kappa shape index (κ2) is 5.49. The Morgan fingerprint density at radius 1 is 1.33 bits per heavy atom. The van der Waals surface area contributed by atoms with Crippen molar-refractivity contribution in [1.82, 2.24) is 9.78 Å². The van der Waals surface area contributed by atoms with Crippen LogP contribution in [0.1, 0.15) is 29.3 Å². The van der Waals surface area contributed by atoms with Gasteiger partial charge >= 0.3 is 0 Å². The minimum atomic E-state index is 0.175. The van der Waals surface area contributed by atoms with Crippen LogP contribution in [0.5, 0.6) is 0 Å². The average molecular weight is 243 g/mol. The van der Waals surface area contributed by atoms with Crippen molar-refractivity contribution in [2.75, 3.05) is 5.32 Å². The first-order valence-corrected chi connectivity index (χ1v) is 6.03. The lowest BCUT2D eigenvalue weighted by atomic mass is 10.1. The van der Waals surface area contributed by atoms with E-state index in [0.29, 0.717) is 6.42 Å². The molecular formula is C14H17N3O. The summed E-state index contributed by atoms with van der Waals surface area (Å²) in [7, 11) is 1.90. The Bertz CT molecular complexity index is 528.